The maximum Gasteiger partial charge on any atom is 0.472 e. The van der Waals surface area contributed by atoms with Crippen molar-refractivity contribution in [1.29, 1.82) is 0 Å². The van der Waals surface area contributed by atoms with Gasteiger partial charge in [0.25, 0.3) is 0 Å². The van der Waals surface area contributed by atoms with E-state index in [0.717, 1.165) is 161 Å². The summed E-state index contributed by atoms with van der Waals surface area (Å²) in [5.41, 5.74) is 5.41. The zero-order valence-corrected chi connectivity index (χ0v) is 61.0. The predicted octanol–water partition coefficient (Wildman–Crippen LogP) is 25.4. The van der Waals surface area contributed by atoms with Crippen LogP contribution >= 0.6 is 7.82 Å². The molecular formula is C85H136NO8P. The van der Waals surface area contributed by atoms with E-state index in [4.69, 9.17) is 24.3 Å². The first-order valence-electron chi connectivity index (χ1n) is 37.6. The predicted molar refractivity (Wildman–Crippen MR) is 412 cm³/mol. The third-order valence-electron chi connectivity index (χ3n) is 15.2. The molecule has 0 heterocycles. The summed E-state index contributed by atoms with van der Waals surface area (Å²) in [6.45, 7) is 3.50. The molecule has 95 heavy (non-hydrogen) atoms. The van der Waals surface area contributed by atoms with Gasteiger partial charge in [-0.05, 0) is 148 Å². The first-order chi connectivity index (χ1) is 46.8. The molecule has 0 saturated carbocycles. The summed E-state index contributed by atoms with van der Waals surface area (Å²) < 4.78 is 33.2. The third kappa shape index (κ3) is 77.5. The van der Waals surface area contributed by atoms with E-state index in [-0.39, 0.29) is 32.6 Å². The maximum atomic E-state index is 12.8. The molecule has 0 aromatic carbocycles. The number of carbonyl (C=O) groups is 2. The lowest BCUT2D eigenvalue weighted by atomic mass is 10.0. The SMILES string of the molecule is CC/C=C\C/C=C\C/C=C\C/C=C\C/C=C\C/C=C\C/C=C\C/C=C\C/C=C\C/C=C\CCCCCCCCCCC(=O)OC(COC(=O)CCCCCCCCCCCCCCC/C=C\C/C=C\C/C=C\C/C=C\C/C=C\C/C=C\C/C=C\CC)COP(=O)(O)OCCN. The van der Waals surface area contributed by atoms with Crippen LogP contribution in [-0.2, 0) is 32.7 Å². The molecule has 3 N–H and O–H groups in total. The van der Waals surface area contributed by atoms with Gasteiger partial charge in [0.15, 0.2) is 6.10 Å². The van der Waals surface area contributed by atoms with E-state index >= 15 is 0 Å². The third-order valence-corrected chi connectivity index (χ3v) is 16.1. The highest BCUT2D eigenvalue weighted by atomic mass is 31.2. The zero-order chi connectivity index (χ0) is 68.6. The second-order valence-corrected chi connectivity index (χ2v) is 25.5. The summed E-state index contributed by atoms with van der Waals surface area (Å²) in [5.74, 6) is -0.848. The van der Waals surface area contributed by atoms with Crippen molar-refractivity contribution in [3.63, 3.8) is 0 Å². The molecule has 10 heteroatoms. The lowest BCUT2D eigenvalue weighted by Gasteiger charge is -2.19. The molecule has 0 rings (SSSR count). The second kappa shape index (κ2) is 77.6. The van der Waals surface area contributed by atoms with Crippen LogP contribution in [0.2, 0.25) is 0 Å². The van der Waals surface area contributed by atoms with Crippen molar-refractivity contribution in [2.24, 2.45) is 5.73 Å². The number of phosphoric acid groups is 1. The molecule has 0 aliphatic heterocycles. The van der Waals surface area contributed by atoms with Gasteiger partial charge in [-0.25, -0.2) is 4.57 Å². The second-order valence-electron chi connectivity index (χ2n) is 24.0. The average Bonchev–Trinajstić information content (AvgIpc) is 3.16. The van der Waals surface area contributed by atoms with Crippen LogP contribution in [0, 0.1) is 0 Å². The molecule has 0 aliphatic carbocycles. The van der Waals surface area contributed by atoms with Gasteiger partial charge in [0.05, 0.1) is 13.2 Å². The van der Waals surface area contributed by atoms with E-state index in [1.807, 2.05) is 0 Å². The highest BCUT2D eigenvalue weighted by Crippen LogP contribution is 2.43. The van der Waals surface area contributed by atoms with E-state index in [1.54, 1.807) is 0 Å². The van der Waals surface area contributed by atoms with Crippen LogP contribution in [0.1, 0.15) is 284 Å². The molecule has 0 aromatic rings. The molecule has 0 aliphatic rings. The Bertz CT molecular complexity index is 2320. The van der Waals surface area contributed by atoms with E-state index in [0.29, 0.717) is 6.42 Å². The number of allylic oxidation sites excluding steroid dienone is 34. The van der Waals surface area contributed by atoms with Gasteiger partial charge in [-0.3, -0.25) is 18.6 Å². The van der Waals surface area contributed by atoms with E-state index in [2.05, 4.69) is 220 Å². The Kier molecular flexibility index (Phi) is 73.2. The monoisotopic (exact) mass is 1330 g/mol. The summed E-state index contributed by atoms with van der Waals surface area (Å²) in [5, 5.41) is 0. The first-order valence-corrected chi connectivity index (χ1v) is 39.1. The normalized spacial score (nSPS) is 14.1. The molecule has 0 saturated heterocycles. The molecule has 2 unspecified atom stereocenters. The zero-order valence-electron chi connectivity index (χ0n) is 60.1. The highest BCUT2D eigenvalue weighted by Gasteiger charge is 2.26. The minimum absolute atomic E-state index is 0.0422. The van der Waals surface area contributed by atoms with Crippen molar-refractivity contribution in [1.82, 2.24) is 0 Å². The summed E-state index contributed by atoms with van der Waals surface area (Å²) >= 11 is 0. The van der Waals surface area contributed by atoms with Gasteiger partial charge in [0.2, 0.25) is 0 Å². The van der Waals surface area contributed by atoms with Crippen LogP contribution in [-0.4, -0.2) is 49.3 Å². The van der Waals surface area contributed by atoms with Gasteiger partial charge in [-0.1, -0.05) is 330 Å². The van der Waals surface area contributed by atoms with Crippen LogP contribution in [0.5, 0.6) is 0 Å². The Morgan fingerprint density at radius 3 is 0.811 bits per heavy atom. The highest BCUT2D eigenvalue weighted by molar-refractivity contribution is 7.47. The average molecular weight is 1330 g/mol. The summed E-state index contributed by atoms with van der Waals surface area (Å²) in [6, 6.07) is 0. The number of hydrogen-bond donors (Lipinski definition) is 2. The standard InChI is InChI=1S/C85H136NO8P/c1-3-5-7-9-11-13-15-17-19-21-23-25-27-29-31-33-35-37-39-40-41-42-44-46-48-50-52-54-56-58-60-62-64-66-68-70-72-74-76-78-85(88)94-83(82-93-95(89,90)92-80-79-86)81-91-84(87)77-75-73-71-69-67-65-63-61-59-57-55-53-51-49-47-45-43-38-36-34-32-30-28-26-24-22-20-18-16-14-12-10-8-6-4-2/h5-8,11-14,17-20,23-26,29-32,35-38,40-41,44-47,50,52,56,58,83H,3-4,9-10,15-16,21-22,27-28,33-34,39,42-43,48-49,51,53-55,57,59-82,86H2,1-2H3,(H,89,90)/b7-5-,8-6-,13-11-,14-12-,19-17-,20-18-,25-23-,26-24-,31-29-,32-30-,37-35-,38-36-,41-40-,46-44-,47-45-,52-50-,58-56-. The van der Waals surface area contributed by atoms with Crippen LogP contribution in [0.3, 0.4) is 0 Å². The quantitative estimate of drug-likeness (QED) is 0.0264. The number of ether oxygens (including phenoxy) is 2. The Morgan fingerprint density at radius 1 is 0.316 bits per heavy atom. The van der Waals surface area contributed by atoms with Crippen molar-refractivity contribution in [2.75, 3.05) is 26.4 Å². The fourth-order valence-corrected chi connectivity index (χ4v) is 10.5. The fourth-order valence-electron chi connectivity index (χ4n) is 9.70. The molecule has 0 amide bonds. The molecule has 534 valence electrons. The first kappa shape index (κ1) is 89.6. The number of phosphoric ester groups is 1. The fraction of sp³-hybridized carbons (Fsp3) is 0.576. The Balaban J connectivity index is 3.97. The number of hydrogen-bond acceptors (Lipinski definition) is 8. The van der Waals surface area contributed by atoms with Gasteiger partial charge in [-0.15, -0.1) is 0 Å². The van der Waals surface area contributed by atoms with Crippen molar-refractivity contribution in [3.05, 3.63) is 207 Å². The van der Waals surface area contributed by atoms with Crippen LogP contribution < -0.4 is 5.73 Å². The number of nitrogens with two attached hydrogens (primary N) is 1. The van der Waals surface area contributed by atoms with Crippen molar-refractivity contribution in [2.45, 2.75) is 290 Å². The number of unbranched alkanes of at least 4 members (excludes halogenated alkanes) is 21. The summed E-state index contributed by atoms with van der Waals surface area (Å²) in [7, 11) is -4.41. The molecule has 0 spiro atoms. The molecule has 0 radical (unpaired) electrons. The van der Waals surface area contributed by atoms with Gasteiger partial charge < -0.3 is 20.1 Å². The minimum atomic E-state index is -4.41. The smallest absolute Gasteiger partial charge is 0.462 e. The van der Waals surface area contributed by atoms with Gasteiger partial charge in [0, 0.05) is 19.4 Å². The number of rotatable bonds is 68. The van der Waals surface area contributed by atoms with E-state index in [1.165, 1.54) is 89.9 Å². The lowest BCUT2D eigenvalue weighted by molar-refractivity contribution is -0.161. The number of esters is 2. The lowest BCUT2D eigenvalue weighted by Crippen LogP contribution is -2.29. The summed E-state index contributed by atoms with van der Waals surface area (Å²) in [6.07, 6.45) is 119. The van der Waals surface area contributed by atoms with E-state index < -0.39 is 32.5 Å². The minimum Gasteiger partial charge on any atom is -0.462 e. The topological polar surface area (TPSA) is 134 Å². The van der Waals surface area contributed by atoms with Crippen LogP contribution in [0.25, 0.3) is 0 Å². The molecule has 2 atom stereocenters. The van der Waals surface area contributed by atoms with Crippen molar-refractivity contribution >= 4 is 19.8 Å². The molecule has 0 aromatic heterocycles. The molecule has 9 nitrogen and oxygen atoms in total. The van der Waals surface area contributed by atoms with Crippen molar-refractivity contribution in [3.8, 4) is 0 Å². The molecule has 0 bridgehead atoms. The molecule has 0 fully saturated rings. The van der Waals surface area contributed by atoms with Gasteiger partial charge >= 0.3 is 19.8 Å². The largest absolute Gasteiger partial charge is 0.472 e. The summed E-state index contributed by atoms with van der Waals surface area (Å²) in [4.78, 5) is 35.4. The molecular weight excluding hydrogens is 1190 g/mol. The number of carbonyl (C=O) groups excluding carboxylic acids is 2. The Labute approximate surface area is 582 Å². The van der Waals surface area contributed by atoms with E-state index in [9.17, 15) is 19.0 Å². The van der Waals surface area contributed by atoms with Gasteiger partial charge in [0.1, 0.15) is 6.61 Å². The van der Waals surface area contributed by atoms with Crippen LogP contribution in [0.4, 0.5) is 0 Å². The van der Waals surface area contributed by atoms with Gasteiger partial charge in [-0.2, -0.15) is 0 Å². The van der Waals surface area contributed by atoms with Crippen molar-refractivity contribution < 1.29 is 37.6 Å². The Morgan fingerprint density at radius 2 is 0.547 bits per heavy atom. The maximum absolute atomic E-state index is 12.8. The Hall–Kier alpha value is -5.41. The van der Waals surface area contributed by atoms with Crippen LogP contribution in [0.15, 0.2) is 207 Å².